The lowest BCUT2D eigenvalue weighted by molar-refractivity contribution is -0.144. The molecule has 2 aliphatic heterocycles. The Morgan fingerprint density at radius 3 is 2.82 bits per heavy atom. The number of benzene rings is 2. The first kappa shape index (κ1) is 24.5. The quantitative estimate of drug-likeness (QED) is 0.366. The molecule has 1 atom stereocenters. The van der Waals surface area contributed by atoms with Gasteiger partial charge in [0.05, 0.1) is 37.3 Å². The maximum absolute atomic E-state index is 11.7. The molecule has 2 aromatic carbocycles. The average Bonchev–Trinajstić information content (AvgIpc) is 2.84. The van der Waals surface area contributed by atoms with Gasteiger partial charge < -0.3 is 24.8 Å². The van der Waals surface area contributed by atoms with Crippen molar-refractivity contribution in [1.82, 2.24) is 4.90 Å². The number of fused-ring (bicyclic) bond motifs is 1. The summed E-state index contributed by atoms with van der Waals surface area (Å²) in [5.74, 6) is 0.0677. The molecular weight excluding hydrogens is 500 g/mol. The number of anilines is 2. The van der Waals surface area contributed by atoms with E-state index in [1.165, 1.54) is 0 Å². The second kappa shape index (κ2) is 11.2. The zero-order valence-corrected chi connectivity index (χ0v) is 21.1. The Hall–Kier alpha value is -2.62. The van der Waals surface area contributed by atoms with Gasteiger partial charge in [-0.05, 0) is 69.1 Å². The third kappa shape index (κ3) is 5.89. The minimum atomic E-state index is -1.04. The van der Waals surface area contributed by atoms with E-state index < -0.39 is 5.85 Å². The van der Waals surface area contributed by atoms with Crippen molar-refractivity contribution in [1.29, 1.82) is 0 Å². The van der Waals surface area contributed by atoms with Crippen molar-refractivity contribution < 1.29 is 19.0 Å². The van der Waals surface area contributed by atoms with Crippen molar-refractivity contribution in [3.8, 4) is 5.75 Å². The van der Waals surface area contributed by atoms with E-state index in [-0.39, 0.29) is 5.97 Å². The van der Waals surface area contributed by atoms with Crippen molar-refractivity contribution in [3.63, 3.8) is 0 Å². The Bertz CT molecular complexity index is 1030. The van der Waals surface area contributed by atoms with Crippen LogP contribution in [0.2, 0.25) is 0 Å². The molecule has 0 spiro atoms. The highest BCUT2D eigenvalue weighted by molar-refractivity contribution is 9.10. The molecule has 0 radical (unpaired) electrons. The standard InChI is InChI=1S/C25H31BrN4O4/c1-3-33-24(31)15-30-11-9-18(10-12-30)16-34-21-7-8-22-23(14-21)27-17-28-25(22,32-2)29-20-6-4-5-19(26)13-20/h4-8,13-14,17-18,29H,3,9-12,15-16H2,1-2H3,(H,27,28). The summed E-state index contributed by atoms with van der Waals surface area (Å²) >= 11 is 3.51. The minimum Gasteiger partial charge on any atom is -0.493 e. The third-order valence-corrected chi connectivity index (χ3v) is 6.60. The second-order valence-corrected chi connectivity index (χ2v) is 9.34. The number of esters is 1. The van der Waals surface area contributed by atoms with E-state index in [0.717, 1.165) is 53.1 Å². The van der Waals surface area contributed by atoms with Gasteiger partial charge in [-0.15, -0.1) is 0 Å². The summed E-state index contributed by atoms with van der Waals surface area (Å²) in [5, 5.41) is 6.61. The van der Waals surface area contributed by atoms with Crippen LogP contribution < -0.4 is 15.4 Å². The van der Waals surface area contributed by atoms with Gasteiger partial charge in [0, 0.05) is 23.3 Å². The van der Waals surface area contributed by atoms with Crippen LogP contribution in [-0.2, 0) is 20.1 Å². The van der Waals surface area contributed by atoms with E-state index in [4.69, 9.17) is 14.2 Å². The number of hydrogen-bond acceptors (Lipinski definition) is 8. The average molecular weight is 531 g/mol. The van der Waals surface area contributed by atoms with Gasteiger partial charge >= 0.3 is 5.97 Å². The molecule has 2 aliphatic rings. The molecule has 1 saturated heterocycles. The van der Waals surface area contributed by atoms with Gasteiger partial charge in [0.2, 0.25) is 0 Å². The largest absolute Gasteiger partial charge is 0.493 e. The molecule has 0 bridgehead atoms. The number of piperidine rings is 1. The van der Waals surface area contributed by atoms with Crippen molar-refractivity contribution in [2.24, 2.45) is 10.9 Å². The third-order valence-electron chi connectivity index (χ3n) is 6.11. The molecule has 1 unspecified atom stereocenters. The predicted octanol–water partition coefficient (Wildman–Crippen LogP) is 4.43. The fourth-order valence-corrected chi connectivity index (χ4v) is 4.68. The molecular formula is C25H31BrN4O4. The molecule has 2 N–H and O–H groups in total. The number of carbonyl (C=O) groups excluding carboxylic acids is 1. The van der Waals surface area contributed by atoms with Crippen molar-refractivity contribution in [2.45, 2.75) is 25.6 Å². The van der Waals surface area contributed by atoms with Crippen molar-refractivity contribution >= 4 is 39.6 Å². The van der Waals surface area contributed by atoms with Crippen LogP contribution in [0.4, 0.5) is 11.4 Å². The van der Waals surface area contributed by atoms with Crippen molar-refractivity contribution in [3.05, 3.63) is 52.5 Å². The molecule has 0 aromatic heterocycles. The first-order valence-corrected chi connectivity index (χ1v) is 12.3. The Morgan fingerprint density at radius 2 is 2.09 bits per heavy atom. The number of likely N-dealkylation sites (tertiary alicyclic amines) is 1. The Morgan fingerprint density at radius 1 is 1.26 bits per heavy atom. The summed E-state index contributed by atoms with van der Waals surface area (Å²) in [6.45, 7) is 5.04. The second-order valence-electron chi connectivity index (χ2n) is 8.43. The summed E-state index contributed by atoms with van der Waals surface area (Å²) in [6.07, 6.45) is 3.64. The first-order valence-electron chi connectivity index (χ1n) is 11.6. The van der Waals surface area contributed by atoms with Gasteiger partial charge in [0.1, 0.15) is 5.75 Å². The summed E-state index contributed by atoms with van der Waals surface area (Å²) < 4.78 is 18.0. The number of hydrogen-bond donors (Lipinski definition) is 2. The maximum atomic E-state index is 11.7. The van der Waals surface area contributed by atoms with Crippen molar-refractivity contribution in [2.75, 3.05) is 50.6 Å². The SMILES string of the molecule is CCOC(=O)CN1CCC(COc2ccc3c(c2)NC=NC3(Nc2cccc(Br)c2)OC)CC1. The number of methoxy groups -OCH3 is 1. The summed E-state index contributed by atoms with van der Waals surface area (Å²) in [4.78, 5) is 18.4. The molecule has 34 heavy (non-hydrogen) atoms. The van der Waals surface area contributed by atoms with Crippen LogP contribution >= 0.6 is 15.9 Å². The lowest BCUT2D eigenvalue weighted by Crippen LogP contribution is -2.39. The lowest BCUT2D eigenvalue weighted by atomic mass is 9.98. The number of nitrogens with one attached hydrogen (secondary N) is 2. The molecule has 9 heteroatoms. The number of carbonyl (C=O) groups is 1. The minimum absolute atomic E-state index is 0.149. The van der Waals surface area contributed by atoms with E-state index in [2.05, 4.69) is 36.5 Å². The summed E-state index contributed by atoms with van der Waals surface area (Å²) in [5.41, 5.74) is 2.63. The van der Waals surface area contributed by atoms with Gasteiger partial charge in [-0.1, -0.05) is 22.0 Å². The molecule has 4 rings (SSSR count). The fraction of sp³-hybridized carbons (Fsp3) is 0.440. The van der Waals surface area contributed by atoms with Crippen LogP contribution in [0.25, 0.3) is 0 Å². The number of nitrogens with zero attached hydrogens (tertiary/aromatic N) is 2. The summed E-state index contributed by atoms with van der Waals surface area (Å²) in [6, 6.07) is 13.8. The van der Waals surface area contributed by atoms with Crippen LogP contribution in [0, 0.1) is 5.92 Å². The van der Waals surface area contributed by atoms with E-state index >= 15 is 0 Å². The molecule has 1 fully saturated rings. The number of ether oxygens (including phenoxy) is 3. The van der Waals surface area contributed by atoms with Crippen LogP contribution in [0.3, 0.4) is 0 Å². The molecule has 182 valence electrons. The molecule has 0 amide bonds. The van der Waals surface area contributed by atoms with Gasteiger partial charge in [0.25, 0.3) is 5.85 Å². The molecule has 8 nitrogen and oxygen atoms in total. The topological polar surface area (TPSA) is 84.4 Å². The predicted molar refractivity (Wildman–Crippen MR) is 136 cm³/mol. The van der Waals surface area contributed by atoms with Crippen LogP contribution in [0.15, 0.2) is 51.9 Å². The number of aliphatic imine (C=N–C) groups is 1. The molecule has 2 heterocycles. The van der Waals surface area contributed by atoms with E-state index in [1.807, 2.05) is 49.4 Å². The van der Waals surface area contributed by atoms with E-state index in [0.29, 0.717) is 25.7 Å². The molecule has 0 saturated carbocycles. The van der Waals surface area contributed by atoms with Crippen LogP contribution in [-0.4, -0.2) is 57.2 Å². The van der Waals surface area contributed by atoms with Gasteiger partial charge in [-0.2, -0.15) is 0 Å². The monoisotopic (exact) mass is 530 g/mol. The van der Waals surface area contributed by atoms with Gasteiger partial charge in [0.15, 0.2) is 0 Å². The van der Waals surface area contributed by atoms with Crippen LogP contribution in [0.5, 0.6) is 5.75 Å². The normalized spacial score (nSPS) is 20.3. The Balaban J connectivity index is 1.36. The Kier molecular flexibility index (Phi) is 8.07. The smallest absolute Gasteiger partial charge is 0.320 e. The van der Waals surface area contributed by atoms with Crippen LogP contribution in [0.1, 0.15) is 25.3 Å². The highest BCUT2D eigenvalue weighted by Gasteiger charge is 2.36. The zero-order chi connectivity index (χ0) is 24.0. The Labute approximate surface area is 208 Å². The van der Waals surface area contributed by atoms with E-state index in [9.17, 15) is 4.79 Å². The fourth-order valence-electron chi connectivity index (χ4n) is 4.28. The van der Waals surface area contributed by atoms with Gasteiger partial charge in [-0.3, -0.25) is 9.69 Å². The first-order chi connectivity index (χ1) is 16.5. The van der Waals surface area contributed by atoms with Gasteiger partial charge in [-0.25, -0.2) is 4.99 Å². The molecule has 2 aromatic rings. The lowest BCUT2D eigenvalue weighted by Gasteiger charge is -2.34. The van der Waals surface area contributed by atoms with E-state index in [1.54, 1.807) is 13.4 Å². The zero-order valence-electron chi connectivity index (χ0n) is 19.6. The number of halogens is 1. The summed E-state index contributed by atoms with van der Waals surface area (Å²) in [7, 11) is 1.64. The number of rotatable bonds is 9. The molecule has 0 aliphatic carbocycles. The maximum Gasteiger partial charge on any atom is 0.320 e. The highest BCUT2D eigenvalue weighted by atomic mass is 79.9. The highest BCUT2D eigenvalue weighted by Crippen LogP contribution is 2.38.